The highest BCUT2D eigenvalue weighted by atomic mass is 32.2. The van der Waals surface area contributed by atoms with Crippen molar-refractivity contribution in [1.82, 2.24) is 4.98 Å². The lowest BCUT2D eigenvalue weighted by Crippen LogP contribution is -2.12. The van der Waals surface area contributed by atoms with Crippen molar-refractivity contribution in [1.29, 1.82) is 0 Å². The van der Waals surface area contributed by atoms with Gasteiger partial charge in [0.25, 0.3) is 5.91 Å². The van der Waals surface area contributed by atoms with Crippen molar-refractivity contribution in [2.45, 2.75) is 6.92 Å². The molecule has 1 amide bonds. The number of anilines is 2. The minimum absolute atomic E-state index is 0.252. The number of pyridine rings is 1. The Labute approximate surface area is 156 Å². The number of benzene rings is 1. The molecule has 0 bridgehead atoms. The van der Waals surface area contributed by atoms with Crippen molar-refractivity contribution < 1.29 is 13.2 Å². The average molecular weight is 387 g/mol. The van der Waals surface area contributed by atoms with Crippen LogP contribution in [0.25, 0.3) is 11.1 Å². The average Bonchev–Trinajstić information content (AvgIpc) is 3.04. The predicted molar refractivity (Wildman–Crippen MR) is 105 cm³/mol. The van der Waals surface area contributed by atoms with Gasteiger partial charge < -0.3 is 5.32 Å². The topological polar surface area (TPSA) is 88.2 Å². The molecule has 0 spiro atoms. The van der Waals surface area contributed by atoms with Crippen molar-refractivity contribution in [3.8, 4) is 11.1 Å². The highest BCUT2D eigenvalue weighted by Crippen LogP contribution is 2.26. The number of thiophene rings is 1. The third-order valence-electron chi connectivity index (χ3n) is 3.49. The number of sulfonamides is 1. The molecule has 6 nitrogen and oxygen atoms in total. The van der Waals surface area contributed by atoms with E-state index in [-0.39, 0.29) is 5.91 Å². The van der Waals surface area contributed by atoms with Crippen LogP contribution >= 0.6 is 11.3 Å². The highest BCUT2D eigenvalue weighted by molar-refractivity contribution is 7.92. The molecule has 2 heterocycles. The van der Waals surface area contributed by atoms with E-state index in [1.165, 1.54) is 11.3 Å². The molecule has 0 aliphatic rings. The lowest BCUT2D eigenvalue weighted by atomic mass is 10.1. The Balaban J connectivity index is 1.75. The van der Waals surface area contributed by atoms with Crippen LogP contribution in [-0.2, 0) is 10.0 Å². The van der Waals surface area contributed by atoms with E-state index < -0.39 is 10.0 Å². The molecular weight excluding hydrogens is 370 g/mol. The van der Waals surface area contributed by atoms with Gasteiger partial charge in [-0.1, -0.05) is 12.1 Å². The molecule has 3 rings (SSSR count). The maximum atomic E-state index is 12.5. The quantitative estimate of drug-likeness (QED) is 0.698. The summed E-state index contributed by atoms with van der Waals surface area (Å²) >= 11 is 1.34. The Kier molecular flexibility index (Phi) is 5.06. The molecule has 134 valence electrons. The van der Waals surface area contributed by atoms with E-state index in [1.807, 2.05) is 30.5 Å². The summed E-state index contributed by atoms with van der Waals surface area (Å²) in [5, 5.41) is 4.68. The van der Waals surface area contributed by atoms with Gasteiger partial charge in [0.15, 0.2) is 0 Å². The zero-order chi connectivity index (χ0) is 18.7. The third-order valence-corrected chi connectivity index (χ3v) is 5.03. The summed E-state index contributed by atoms with van der Waals surface area (Å²) in [5.41, 5.74) is 3.72. The van der Waals surface area contributed by atoms with Crippen molar-refractivity contribution in [2.24, 2.45) is 0 Å². The van der Waals surface area contributed by atoms with E-state index in [1.54, 1.807) is 30.5 Å². The van der Waals surface area contributed by atoms with Gasteiger partial charge >= 0.3 is 0 Å². The molecule has 0 saturated heterocycles. The summed E-state index contributed by atoms with van der Waals surface area (Å²) in [4.78, 5) is 17.3. The molecule has 3 aromatic rings. The van der Waals surface area contributed by atoms with Crippen LogP contribution in [0.4, 0.5) is 11.4 Å². The zero-order valence-electron chi connectivity index (χ0n) is 14.2. The van der Waals surface area contributed by atoms with Gasteiger partial charge in [0.05, 0.1) is 16.8 Å². The smallest absolute Gasteiger partial charge is 0.265 e. The summed E-state index contributed by atoms with van der Waals surface area (Å²) < 4.78 is 25.0. The molecule has 0 fully saturated rings. The maximum absolute atomic E-state index is 12.5. The van der Waals surface area contributed by atoms with Gasteiger partial charge in [0.2, 0.25) is 10.0 Å². The lowest BCUT2D eigenvalue weighted by Gasteiger charge is -2.07. The fourth-order valence-electron chi connectivity index (χ4n) is 2.31. The van der Waals surface area contributed by atoms with Gasteiger partial charge in [0.1, 0.15) is 0 Å². The maximum Gasteiger partial charge on any atom is 0.265 e. The van der Waals surface area contributed by atoms with Crippen molar-refractivity contribution in [2.75, 3.05) is 16.3 Å². The molecule has 1 aromatic carbocycles. The van der Waals surface area contributed by atoms with E-state index in [0.29, 0.717) is 16.3 Å². The van der Waals surface area contributed by atoms with Gasteiger partial charge in [-0.15, -0.1) is 11.3 Å². The second kappa shape index (κ2) is 7.27. The second-order valence-electron chi connectivity index (χ2n) is 5.80. The number of rotatable bonds is 5. The van der Waals surface area contributed by atoms with Crippen LogP contribution in [0.15, 0.2) is 54.0 Å². The Morgan fingerprint density at radius 2 is 1.85 bits per heavy atom. The van der Waals surface area contributed by atoms with Crippen molar-refractivity contribution in [3.63, 3.8) is 0 Å². The van der Waals surface area contributed by atoms with Crippen LogP contribution in [0, 0.1) is 6.92 Å². The Morgan fingerprint density at radius 3 is 2.54 bits per heavy atom. The molecule has 26 heavy (non-hydrogen) atoms. The minimum atomic E-state index is -3.37. The summed E-state index contributed by atoms with van der Waals surface area (Å²) in [6.07, 6.45) is 2.85. The standard InChI is InChI=1S/C18H17N3O3S2/c1-12-6-7-13(10-19-12)14-8-17(25-11-14)18(22)20-15-4-3-5-16(9-15)21-26(2,23)24/h3-11,21H,1-2H3,(H,20,22). The normalized spacial score (nSPS) is 11.2. The summed E-state index contributed by atoms with van der Waals surface area (Å²) in [7, 11) is -3.37. The van der Waals surface area contributed by atoms with Crippen LogP contribution in [-0.4, -0.2) is 25.6 Å². The molecule has 0 saturated carbocycles. The van der Waals surface area contributed by atoms with Crippen molar-refractivity contribution in [3.05, 3.63) is 64.6 Å². The Morgan fingerprint density at radius 1 is 1.08 bits per heavy atom. The van der Waals surface area contributed by atoms with Crippen molar-refractivity contribution >= 4 is 38.6 Å². The first-order valence-electron chi connectivity index (χ1n) is 7.71. The molecule has 0 radical (unpaired) electrons. The van der Waals surface area contributed by atoms with Gasteiger partial charge in [-0.3, -0.25) is 14.5 Å². The van der Waals surface area contributed by atoms with Gasteiger partial charge in [-0.2, -0.15) is 0 Å². The molecular formula is C18H17N3O3S2. The molecule has 0 aliphatic carbocycles. The van der Waals surface area contributed by atoms with Crippen LogP contribution in [0.1, 0.15) is 15.4 Å². The van der Waals surface area contributed by atoms with E-state index in [4.69, 9.17) is 0 Å². The molecule has 0 aliphatic heterocycles. The van der Waals surface area contributed by atoms with Crippen LogP contribution < -0.4 is 10.0 Å². The van der Waals surface area contributed by atoms with E-state index in [2.05, 4.69) is 15.0 Å². The summed E-state index contributed by atoms with van der Waals surface area (Å²) in [5.74, 6) is -0.252. The number of carbonyl (C=O) groups is 1. The van der Waals surface area contributed by atoms with Gasteiger partial charge in [-0.05, 0) is 48.2 Å². The zero-order valence-corrected chi connectivity index (χ0v) is 15.8. The highest BCUT2D eigenvalue weighted by Gasteiger charge is 2.11. The first-order valence-corrected chi connectivity index (χ1v) is 10.5. The van der Waals surface area contributed by atoms with Crippen LogP contribution in [0.5, 0.6) is 0 Å². The Hall–Kier alpha value is -2.71. The molecule has 2 N–H and O–H groups in total. The fourth-order valence-corrected chi connectivity index (χ4v) is 3.68. The van der Waals surface area contributed by atoms with E-state index in [9.17, 15) is 13.2 Å². The number of nitrogens with one attached hydrogen (secondary N) is 2. The number of aryl methyl sites for hydroxylation is 1. The number of hydrogen-bond donors (Lipinski definition) is 2. The molecule has 8 heteroatoms. The molecule has 0 atom stereocenters. The minimum Gasteiger partial charge on any atom is -0.321 e. The lowest BCUT2D eigenvalue weighted by molar-refractivity contribution is 0.103. The fraction of sp³-hybridized carbons (Fsp3) is 0.111. The predicted octanol–water partition coefficient (Wildman–Crippen LogP) is 3.74. The Bertz CT molecular complexity index is 1040. The summed E-state index contributed by atoms with van der Waals surface area (Å²) in [6.45, 7) is 1.92. The second-order valence-corrected chi connectivity index (χ2v) is 8.46. The first kappa shape index (κ1) is 18.1. The molecule has 0 unspecified atom stereocenters. The van der Waals surface area contributed by atoms with E-state index >= 15 is 0 Å². The number of nitrogens with zero attached hydrogens (tertiary/aromatic N) is 1. The first-order chi connectivity index (χ1) is 12.3. The summed E-state index contributed by atoms with van der Waals surface area (Å²) in [6, 6.07) is 12.2. The number of aromatic nitrogens is 1. The number of hydrogen-bond acceptors (Lipinski definition) is 5. The van der Waals surface area contributed by atoms with E-state index in [0.717, 1.165) is 23.1 Å². The van der Waals surface area contributed by atoms with Gasteiger partial charge in [-0.25, -0.2) is 8.42 Å². The van der Waals surface area contributed by atoms with Gasteiger partial charge in [0, 0.05) is 23.1 Å². The SMILES string of the molecule is Cc1ccc(-c2csc(C(=O)Nc3cccc(NS(C)(=O)=O)c3)c2)cn1. The van der Waals surface area contributed by atoms with Crippen LogP contribution in [0.3, 0.4) is 0 Å². The number of carbonyl (C=O) groups excluding carboxylic acids is 1. The third kappa shape index (κ3) is 4.68. The van der Waals surface area contributed by atoms with Crippen LogP contribution in [0.2, 0.25) is 0 Å². The molecule has 2 aromatic heterocycles. The number of amides is 1. The largest absolute Gasteiger partial charge is 0.321 e. The monoisotopic (exact) mass is 387 g/mol.